The number of hydrogen-bond donors (Lipinski definition) is 1. The lowest BCUT2D eigenvalue weighted by molar-refractivity contribution is -0.120. The minimum Gasteiger partial charge on any atom is -0.356 e. The van der Waals surface area contributed by atoms with Crippen LogP contribution in [-0.4, -0.2) is 26.6 Å². The Bertz CT molecular complexity index is 770. The van der Waals surface area contributed by atoms with Gasteiger partial charge < -0.3 is 5.32 Å². The number of nitrogens with one attached hydrogen (secondary N) is 1. The topological polar surface area (TPSA) is 63.2 Å². The van der Waals surface area contributed by atoms with Crippen molar-refractivity contribution >= 4 is 15.7 Å². The Hall–Kier alpha value is -2.14. The molecule has 0 radical (unpaired) electrons. The van der Waals surface area contributed by atoms with Gasteiger partial charge >= 0.3 is 0 Å². The normalized spacial score (nSPS) is 11.2. The molecule has 0 atom stereocenters. The fourth-order valence-corrected chi connectivity index (χ4v) is 3.85. The largest absolute Gasteiger partial charge is 0.356 e. The van der Waals surface area contributed by atoms with E-state index in [1.807, 2.05) is 61.5 Å². The zero-order valence-corrected chi connectivity index (χ0v) is 14.7. The van der Waals surface area contributed by atoms with E-state index in [1.165, 1.54) is 0 Å². The van der Waals surface area contributed by atoms with Gasteiger partial charge in [0, 0.05) is 13.0 Å². The Balaban J connectivity index is 1.75. The van der Waals surface area contributed by atoms with Gasteiger partial charge in [0.15, 0.2) is 9.84 Å². The molecular formula is C19H23NO3S. The maximum Gasteiger partial charge on any atom is 0.221 e. The van der Waals surface area contributed by atoms with Crippen molar-refractivity contribution < 1.29 is 13.2 Å². The molecule has 0 aliphatic rings. The van der Waals surface area contributed by atoms with Gasteiger partial charge in [0.05, 0.1) is 11.5 Å². The molecule has 0 saturated carbocycles. The molecule has 0 aliphatic carbocycles. The first kappa shape index (κ1) is 18.2. The van der Waals surface area contributed by atoms with Crippen molar-refractivity contribution in [3.63, 3.8) is 0 Å². The summed E-state index contributed by atoms with van der Waals surface area (Å²) in [5.74, 6) is -0.366. The Labute approximate surface area is 143 Å². The minimum absolute atomic E-state index is 0.00298. The monoisotopic (exact) mass is 345 g/mol. The van der Waals surface area contributed by atoms with Gasteiger partial charge in [-0.3, -0.25) is 4.79 Å². The average molecular weight is 345 g/mol. The van der Waals surface area contributed by atoms with Gasteiger partial charge in [-0.2, -0.15) is 0 Å². The fraction of sp³-hybridized carbons (Fsp3) is 0.316. The van der Waals surface area contributed by atoms with E-state index >= 15 is 0 Å². The predicted octanol–water partition coefficient (Wildman–Crippen LogP) is 2.66. The Morgan fingerprint density at radius 2 is 1.67 bits per heavy atom. The van der Waals surface area contributed by atoms with Gasteiger partial charge in [-0.15, -0.1) is 0 Å². The number of benzene rings is 2. The van der Waals surface area contributed by atoms with Crippen LogP contribution in [0.3, 0.4) is 0 Å². The van der Waals surface area contributed by atoms with E-state index in [0.29, 0.717) is 6.54 Å². The van der Waals surface area contributed by atoms with Gasteiger partial charge in [-0.25, -0.2) is 8.42 Å². The summed E-state index contributed by atoms with van der Waals surface area (Å²) < 4.78 is 24.3. The molecule has 0 aromatic heterocycles. The summed E-state index contributed by atoms with van der Waals surface area (Å²) >= 11 is 0. The number of carbonyl (C=O) groups is 1. The second-order valence-corrected chi connectivity index (χ2v) is 8.04. The average Bonchev–Trinajstić information content (AvgIpc) is 2.56. The van der Waals surface area contributed by atoms with Gasteiger partial charge in [0.1, 0.15) is 0 Å². The lowest BCUT2D eigenvalue weighted by Crippen LogP contribution is -2.27. The number of rotatable bonds is 8. The van der Waals surface area contributed by atoms with Crippen molar-refractivity contribution in [1.29, 1.82) is 0 Å². The summed E-state index contributed by atoms with van der Waals surface area (Å²) in [6, 6.07) is 17.3. The highest BCUT2D eigenvalue weighted by Crippen LogP contribution is 2.12. The molecule has 1 amide bonds. The Morgan fingerprint density at radius 3 is 2.38 bits per heavy atom. The van der Waals surface area contributed by atoms with E-state index < -0.39 is 9.84 Å². The number of hydrogen-bond acceptors (Lipinski definition) is 3. The molecule has 0 heterocycles. The zero-order valence-electron chi connectivity index (χ0n) is 13.9. The molecule has 0 aliphatic heterocycles. The van der Waals surface area contributed by atoms with Crippen molar-refractivity contribution in [3.8, 4) is 0 Å². The van der Waals surface area contributed by atoms with E-state index in [1.54, 1.807) is 0 Å². The maximum atomic E-state index is 12.2. The molecule has 0 spiro atoms. The molecule has 2 aromatic rings. The van der Waals surface area contributed by atoms with Gasteiger partial charge in [0.25, 0.3) is 0 Å². The highest BCUT2D eigenvalue weighted by molar-refractivity contribution is 7.90. The molecule has 2 aromatic carbocycles. The van der Waals surface area contributed by atoms with Gasteiger partial charge in [-0.05, 0) is 30.0 Å². The summed E-state index contributed by atoms with van der Waals surface area (Å²) in [5.41, 5.74) is 2.89. The molecule has 4 nitrogen and oxygen atoms in total. The van der Waals surface area contributed by atoms with Crippen LogP contribution in [0.25, 0.3) is 0 Å². The molecule has 1 N–H and O–H groups in total. The minimum atomic E-state index is -3.29. The van der Waals surface area contributed by atoms with Crippen LogP contribution in [0.5, 0.6) is 0 Å². The van der Waals surface area contributed by atoms with Gasteiger partial charge in [-0.1, -0.05) is 54.6 Å². The van der Waals surface area contributed by atoms with Crippen LogP contribution in [0.4, 0.5) is 0 Å². The van der Waals surface area contributed by atoms with Crippen LogP contribution in [0.1, 0.15) is 23.1 Å². The smallest absolute Gasteiger partial charge is 0.221 e. The van der Waals surface area contributed by atoms with E-state index in [0.717, 1.165) is 23.1 Å². The van der Waals surface area contributed by atoms with Crippen LogP contribution in [0.15, 0.2) is 54.6 Å². The van der Waals surface area contributed by atoms with Crippen molar-refractivity contribution in [2.24, 2.45) is 0 Å². The molecule has 0 unspecified atom stereocenters. The molecule has 0 bridgehead atoms. The third-order valence-electron chi connectivity index (χ3n) is 3.86. The second-order valence-electron chi connectivity index (χ2n) is 5.85. The van der Waals surface area contributed by atoms with E-state index in [9.17, 15) is 13.2 Å². The molecule has 0 saturated heterocycles. The van der Waals surface area contributed by atoms with Crippen molar-refractivity contribution in [2.75, 3.05) is 12.3 Å². The van der Waals surface area contributed by atoms with Crippen molar-refractivity contribution in [2.45, 2.75) is 25.5 Å². The molecule has 5 heteroatoms. The summed E-state index contributed by atoms with van der Waals surface area (Å²) in [6.07, 6.45) is 0.742. The van der Waals surface area contributed by atoms with E-state index in [-0.39, 0.29) is 23.8 Å². The molecule has 24 heavy (non-hydrogen) atoms. The number of sulfone groups is 1. The van der Waals surface area contributed by atoms with Crippen LogP contribution in [-0.2, 0) is 26.8 Å². The zero-order chi connectivity index (χ0) is 17.4. The maximum absolute atomic E-state index is 12.2. The highest BCUT2D eigenvalue weighted by atomic mass is 32.2. The lowest BCUT2D eigenvalue weighted by atomic mass is 10.1. The first-order valence-corrected chi connectivity index (χ1v) is 9.84. The second kappa shape index (κ2) is 8.64. The molecule has 128 valence electrons. The van der Waals surface area contributed by atoms with E-state index in [2.05, 4.69) is 5.32 Å². The quantitative estimate of drug-likeness (QED) is 0.800. The van der Waals surface area contributed by atoms with E-state index in [4.69, 9.17) is 0 Å². The standard InChI is InChI=1S/C19H23NO3S/c1-16-7-5-6-10-18(16)15-24(22,23)14-12-19(21)20-13-11-17-8-3-2-4-9-17/h2-10H,11-15H2,1H3,(H,20,21). The van der Waals surface area contributed by atoms with Crippen LogP contribution >= 0.6 is 0 Å². The summed E-state index contributed by atoms with van der Waals surface area (Å²) in [7, 11) is -3.29. The number of carbonyl (C=O) groups excluding carboxylic acids is 1. The predicted molar refractivity (Wildman–Crippen MR) is 96.4 cm³/mol. The first-order chi connectivity index (χ1) is 11.5. The molecular weight excluding hydrogens is 322 g/mol. The Kier molecular flexibility index (Phi) is 6.55. The van der Waals surface area contributed by atoms with Gasteiger partial charge in [0.2, 0.25) is 5.91 Å². The fourth-order valence-electron chi connectivity index (χ4n) is 2.41. The first-order valence-electron chi connectivity index (χ1n) is 8.02. The van der Waals surface area contributed by atoms with Crippen molar-refractivity contribution in [3.05, 3.63) is 71.3 Å². The summed E-state index contributed by atoms with van der Waals surface area (Å²) in [5, 5.41) is 2.78. The third kappa shape index (κ3) is 6.16. The SMILES string of the molecule is Cc1ccccc1CS(=O)(=O)CCC(=O)NCCc1ccccc1. The van der Waals surface area contributed by atoms with Crippen LogP contribution < -0.4 is 5.32 Å². The van der Waals surface area contributed by atoms with Crippen molar-refractivity contribution in [1.82, 2.24) is 5.32 Å². The third-order valence-corrected chi connectivity index (χ3v) is 5.43. The molecule has 2 rings (SSSR count). The summed E-state index contributed by atoms with van der Waals surface area (Å²) in [4.78, 5) is 11.8. The van der Waals surface area contributed by atoms with Crippen LogP contribution in [0, 0.1) is 6.92 Å². The highest BCUT2D eigenvalue weighted by Gasteiger charge is 2.15. The molecule has 0 fully saturated rings. The Morgan fingerprint density at radius 1 is 1.00 bits per heavy atom. The lowest BCUT2D eigenvalue weighted by Gasteiger charge is -2.08. The van der Waals surface area contributed by atoms with Crippen LogP contribution in [0.2, 0.25) is 0 Å². The number of amides is 1. The number of aryl methyl sites for hydroxylation is 1. The summed E-state index contributed by atoms with van der Waals surface area (Å²) in [6.45, 7) is 2.40.